The number of methoxy groups -OCH3 is 2. The number of fused-ring (bicyclic) bond motifs is 1. The van der Waals surface area contributed by atoms with Crippen LogP contribution < -0.4 is 9.47 Å². The zero-order valence-electron chi connectivity index (χ0n) is 9.13. The molecule has 0 aliphatic carbocycles. The fraction of sp³-hybridized carbons (Fsp3) is 0.300. The van der Waals surface area contributed by atoms with Crippen molar-refractivity contribution < 1.29 is 23.9 Å². The van der Waals surface area contributed by atoms with Crippen LogP contribution in [0.4, 0.5) is 0 Å². The van der Waals surface area contributed by atoms with E-state index in [9.17, 15) is 14.9 Å². The highest BCUT2D eigenvalue weighted by Gasteiger charge is 2.40. The number of esters is 1. The van der Waals surface area contributed by atoms with Crippen molar-refractivity contribution >= 4 is 5.97 Å². The molecule has 17 heavy (non-hydrogen) atoms. The molecule has 1 heterocycles. The van der Waals surface area contributed by atoms with Crippen molar-refractivity contribution in [3.63, 3.8) is 0 Å². The fourth-order valence-corrected chi connectivity index (χ4v) is 1.66. The maximum absolute atomic E-state index is 11.4. The van der Waals surface area contributed by atoms with Crippen LogP contribution in [0.25, 0.3) is 0 Å². The van der Waals surface area contributed by atoms with Gasteiger partial charge in [-0.05, 0) is 12.1 Å². The minimum atomic E-state index is -1.47. The van der Waals surface area contributed by atoms with Gasteiger partial charge < -0.3 is 14.2 Å². The molecule has 0 spiro atoms. The number of cyclic esters (lactones) is 1. The van der Waals surface area contributed by atoms with E-state index in [1.54, 1.807) is 0 Å². The number of benzene rings is 1. The maximum atomic E-state index is 11.4. The van der Waals surface area contributed by atoms with E-state index in [0.29, 0.717) is 11.5 Å². The van der Waals surface area contributed by atoms with E-state index in [1.807, 2.05) is 0 Å². The van der Waals surface area contributed by atoms with Gasteiger partial charge in [-0.15, -0.1) is 0 Å². The number of carbonyl (C=O) groups excluding carboxylic acids is 1. The Balaban J connectivity index is 2.58. The van der Waals surface area contributed by atoms with Crippen LogP contribution in [0.5, 0.6) is 11.5 Å². The van der Waals surface area contributed by atoms with Gasteiger partial charge in [0.05, 0.1) is 30.3 Å². The molecule has 90 valence electrons. The average Bonchev–Trinajstić information content (AvgIpc) is 2.64. The lowest BCUT2D eigenvalue weighted by Gasteiger charge is -2.08. The molecule has 1 atom stereocenters. The second-order valence-electron chi connectivity index (χ2n) is 3.34. The molecule has 0 saturated heterocycles. The lowest BCUT2D eigenvalue weighted by Crippen LogP contribution is -2.09. The van der Waals surface area contributed by atoms with Crippen molar-refractivity contribution in [2.75, 3.05) is 14.2 Å². The molecule has 7 heteroatoms. The van der Waals surface area contributed by atoms with Crippen LogP contribution in [-0.2, 0) is 4.74 Å². The Morgan fingerprint density at radius 2 is 1.88 bits per heavy atom. The van der Waals surface area contributed by atoms with Crippen LogP contribution in [0.1, 0.15) is 22.1 Å². The topological polar surface area (TPSA) is 87.9 Å². The second kappa shape index (κ2) is 3.93. The number of nitrogens with zero attached hydrogens (tertiary/aromatic N) is 1. The van der Waals surface area contributed by atoms with Crippen molar-refractivity contribution in [1.29, 1.82) is 0 Å². The van der Waals surface area contributed by atoms with Gasteiger partial charge in [0.15, 0.2) is 11.5 Å². The molecule has 0 radical (unpaired) electrons. The molecule has 0 aromatic heterocycles. The number of nitro groups is 1. The van der Waals surface area contributed by atoms with Crippen LogP contribution in [-0.4, -0.2) is 25.1 Å². The third-order valence-corrected chi connectivity index (χ3v) is 2.45. The predicted molar refractivity (Wildman–Crippen MR) is 54.7 cm³/mol. The molecule has 0 amide bonds. The molecule has 0 bridgehead atoms. The van der Waals surface area contributed by atoms with Crippen molar-refractivity contribution in [1.82, 2.24) is 0 Å². The predicted octanol–water partition coefficient (Wildman–Crippen LogP) is 1.15. The molecular formula is C10H9NO6. The Morgan fingerprint density at radius 3 is 2.41 bits per heavy atom. The lowest BCUT2D eigenvalue weighted by molar-refractivity contribution is -0.572. The third-order valence-electron chi connectivity index (χ3n) is 2.45. The molecule has 1 aliphatic heterocycles. The van der Waals surface area contributed by atoms with Gasteiger partial charge in [0, 0.05) is 0 Å². The summed E-state index contributed by atoms with van der Waals surface area (Å²) in [7, 11) is 2.82. The molecule has 0 fully saturated rings. The van der Waals surface area contributed by atoms with E-state index in [4.69, 9.17) is 9.47 Å². The van der Waals surface area contributed by atoms with Crippen molar-refractivity contribution in [2.24, 2.45) is 0 Å². The van der Waals surface area contributed by atoms with E-state index < -0.39 is 17.1 Å². The minimum absolute atomic E-state index is 0.129. The quantitative estimate of drug-likeness (QED) is 0.446. The lowest BCUT2D eigenvalue weighted by atomic mass is 10.1. The Labute approximate surface area is 96.0 Å². The van der Waals surface area contributed by atoms with Crippen LogP contribution in [0.3, 0.4) is 0 Å². The van der Waals surface area contributed by atoms with Gasteiger partial charge in [-0.3, -0.25) is 10.1 Å². The number of rotatable bonds is 3. The summed E-state index contributed by atoms with van der Waals surface area (Å²) in [4.78, 5) is 21.5. The van der Waals surface area contributed by atoms with Crippen LogP contribution in [0, 0.1) is 10.1 Å². The zero-order chi connectivity index (χ0) is 12.6. The summed E-state index contributed by atoms with van der Waals surface area (Å²) < 4.78 is 14.7. The van der Waals surface area contributed by atoms with Gasteiger partial charge in [0.1, 0.15) is 0 Å². The van der Waals surface area contributed by atoms with Gasteiger partial charge in [-0.25, -0.2) is 4.79 Å². The number of hydrogen-bond donors (Lipinski definition) is 0. The fourth-order valence-electron chi connectivity index (χ4n) is 1.66. The van der Waals surface area contributed by atoms with E-state index in [-0.39, 0.29) is 11.1 Å². The average molecular weight is 239 g/mol. The Kier molecular flexibility index (Phi) is 2.58. The first-order valence-corrected chi connectivity index (χ1v) is 4.69. The minimum Gasteiger partial charge on any atom is -0.493 e. The summed E-state index contributed by atoms with van der Waals surface area (Å²) in [5, 5.41) is 10.7. The van der Waals surface area contributed by atoms with Crippen molar-refractivity contribution in [3.05, 3.63) is 33.4 Å². The molecule has 1 aromatic rings. The van der Waals surface area contributed by atoms with E-state index >= 15 is 0 Å². The normalized spacial score (nSPS) is 17.3. The zero-order valence-corrected chi connectivity index (χ0v) is 9.13. The van der Waals surface area contributed by atoms with Crippen molar-refractivity contribution in [2.45, 2.75) is 6.23 Å². The van der Waals surface area contributed by atoms with Gasteiger partial charge in [0.25, 0.3) is 0 Å². The Hall–Kier alpha value is -2.31. The SMILES string of the molecule is COc1cc2c(cc1OC)C([N+](=O)[O-])OC2=O. The van der Waals surface area contributed by atoms with Crippen LogP contribution in [0.15, 0.2) is 12.1 Å². The summed E-state index contributed by atoms with van der Waals surface area (Å²) in [6, 6.07) is 2.76. The summed E-state index contributed by atoms with van der Waals surface area (Å²) >= 11 is 0. The first-order chi connectivity index (χ1) is 8.08. The Morgan fingerprint density at radius 1 is 1.29 bits per heavy atom. The molecular weight excluding hydrogens is 230 g/mol. The highest BCUT2D eigenvalue weighted by atomic mass is 16.7. The molecule has 1 unspecified atom stereocenters. The molecule has 7 nitrogen and oxygen atoms in total. The Bertz CT molecular complexity index is 498. The molecule has 0 N–H and O–H groups in total. The van der Waals surface area contributed by atoms with Gasteiger partial charge >= 0.3 is 12.2 Å². The van der Waals surface area contributed by atoms with E-state index in [2.05, 4.69) is 4.74 Å². The summed E-state index contributed by atoms with van der Waals surface area (Å²) in [5.74, 6) is -0.0914. The van der Waals surface area contributed by atoms with Crippen molar-refractivity contribution in [3.8, 4) is 11.5 Å². The second-order valence-corrected chi connectivity index (χ2v) is 3.34. The van der Waals surface area contributed by atoms with Gasteiger partial charge in [0.2, 0.25) is 0 Å². The first kappa shape index (κ1) is 11.2. The molecule has 0 saturated carbocycles. The number of ether oxygens (including phenoxy) is 3. The first-order valence-electron chi connectivity index (χ1n) is 4.69. The van der Waals surface area contributed by atoms with E-state index in [1.165, 1.54) is 26.4 Å². The number of carbonyl (C=O) groups is 1. The maximum Gasteiger partial charge on any atom is 0.384 e. The summed E-state index contributed by atoms with van der Waals surface area (Å²) in [6.45, 7) is 0. The van der Waals surface area contributed by atoms with E-state index in [0.717, 1.165) is 0 Å². The molecule has 1 aliphatic rings. The van der Waals surface area contributed by atoms with Gasteiger partial charge in [-0.2, -0.15) is 0 Å². The van der Waals surface area contributed by atoms with Crippen LogP contribution in [0.2, 0.25) is 0 Å². The highest BCUT2D eigenvalue weighted by Crippen LogP contribution is 2.38. The number of hydrogen-bond acceptors (Lipinski definition) is 6. The molecule has 1 aromatic carbocycles. The summed E-state index contributed by atoms with van der Waals surface area (Å²) in [6.07, 6.45) is -1.47. The highest BCUT2D eigenvalue weighted by molar-refractivity contribution is 5.94. The van der Waals surface area contributed by atoms with Gasteiger partial charge in [-0.1, -0.05) is 0 Å². The smallest absolute Gasteiger partial charge is 0.384 e. The monoisotopic (exact) mass is 239 g/mol. The molecule has 2 rings (SSSR count). The third kappa shape index (κ3) is 1.65. The van der Waals surface area contributed by atoms with Crippen LogP contribution >= 0.6 is 0 Å². The summed E-state index contributed by atoms with van der Waals surface area (Å²) in [5.41, 5.74) is 0.307. The standard InChI is InChI=1S/C10H9NO6/c1-15-7-3-5-6(4-8(7)16-2)10(12)17-9(5)11(13)14/h3-4,9H,1-2H3. The largest absolute Gasteiger partial charge is 0.493 e.